The first kappa shape index (κ1) is 51.4. The number of aromatic carboxylic acids is 1. The summed E-state index contributed by atoms with van der Waals surface area (Å²) in [5.41, 5.74) is 5.79. The van der Waals surface area contributed by atoms with Crippen molar-refractivity contribution < 1.29 is 90.4 Å². The highest BCUT2D eigenvalue weighted by Gasteiger charge is 2.47. The van der Waals surface area contributed by atoms with Gasteiger partial charge in [0, 0.05) is 65.5 Å². The number of hydrogen-bond donors (Lipinski definition) is 11. The summed E-state index contributed by atoms with van der Waals surface area (Å²) in [4.78, 5) is 103. The number of benzene rings is 3. The van der Waals surface area contributed by atoms with Gasteiger partial charge in [-0.3, -0.25) is 23.5 Å². The van der Waals surface area contributed by atoms with Crippen LogP contribution in [0.15, 0.2) is 80.9 Å². The van der Waals surface area contributed by atoms with Gasteiger partial charge in [0.15, 0.2) is 11.7 Å². The number of phosphoric ester groups is 1. The van der Waals surface area contributed by atoms with Crippen molar-refractivity contribution in [3.05, 3.63) is 104 Å². The normalized spacial score (nSPS) is 19.2. The molecular weight excluding hydrogens is 967 g/mol. The lowest BCUT2D eigenvalue weighted by atomic mass is 9.90. The standard InChI is InChI=1S/C39H42N5O21P3/c40-35-21(18-44(39(53)43-35)37-34(49)33(48)30(63-37)19-61-67(57,58)65-68(59,60)64-66(54,55)56)5-4-14-41-31(47)6-2-1-3-13-42-36(50)20-7-10-24(27(15-20)38(51)52)32-25-11-8-22(45)16-28(25)62-29-17-23(46)9-12-26(29)32/h4-5,7-12,15-18,30,33-34,37,45,48-49H,1-3,6,13-14,19H2,(H,41,47)(H,42,50)(H,51,52)(H,57,58)(H,59,60)(H2,40,43,53)(H2,54,55,56)/b5-4+/t30-,33-,34-,37-/m1/s1. The number of hydrogen-bond acceptors (Lipinski definition) is 18. The number of carbonyl (C=O) groups excluding carboxylic acids is 2. The third-order valence-corrected chi connectivity index (χ3v) is 13.8. The maximum atomic E-state index is 13.1. The van der Waals surface area contributed by atoms with Crippen molar-refractivity contribution in [2.24, 2.45) is 0 Å². The summed E-state index contributed by atoms with van der Waals surface area (Å²) < 4.78 is 58.1. The number of carboxylic acid groups (broad SMARTS) is 1. The van der Waals surface area contributed by atoms with E-state index < -0.39 is 72.2 Å². The Morgan fingerprint density at radius 1 is 0.882 bits per heavy atom. The molecule has 2 aliphatic heterocycles. The Hall–Kier alpha value is -5.95. The minimum absolute atomic E-state index is 0.00870. The molecule has 2 amide bonds. The van der Waals surface area contributed by atoms with E-state index in [1.165, 1.54) is 60.7 Å². The number of phenolic OH excluding ortho intramolecular Hbond substituents is 1. The monoisotopic (exact) mass is 1010 g/mol. The fourth-order valence-corrected chi connectivity index (χ4v) is 9.97. The van der Waals surface area contributed by atoms with Crippen LogP contribution in [0.3, 0.4) is 0 Å². The minimum Gasteiger partial charge on any atom is -0.508 e. The number of nitrogens with zero attached hydrogens (tertiary/aromatic N) is 2. The molecule has 0 spiro atoms. The second kappa shape index (κ2) is 21.1. The highest BCUT2D eigenvalue weighted by molar-refractivity contribution is 7.66. The largest absolute Gasteiger partial charge is 0.508 e. The lowest BCUT2D eigenvalue weighted by Crippen LogP contribution is -2.36. The molecule has 2 unspecified atom stereocenters. The van der Waals surface area contributed by atoms with Crippen molar-refractivity contribution in [2.75, 3.05) is 25.4 Å². The summed E-state index contributed by atoms with van der Waals surface area (Å²) in [6, 6.07) is 12.6. The average Bonchev–Trinajstić information content (AvgIpc) is 3.52. The Labute approximate surface area is 382 Å². The number of fused-ring (bicyclic) bond motifs is 2. The minimum atomic E-state index is -5.84. The number of unbranched alkanes of at least 4 members (excludes halogenated alkanes) is 2. The predicted molar refractivity (Wildman–Crippen MR) is 235 cm³/mol. The van der Waals surface area contributed by atoms with Gasteiger partial charge >= 0.3 is 35.1 Å². The lowest BCUT2D eigenvalue weighted by Gasteiger charge is -2.19. The van der Waals surface area contributed by atoms with Gasteiger partial charge in [-0.2, -0.15) is 13.6 Å². The quantitative estimate of drug-likeness (QED) is 0.0302. The Bertz CT molecular complexity index is 3010. The molecule has 3 heterocycles. The van der Waals surface area contributed by atoms with Gasteiger partial charge in [0.2, 0.25) is 5.91 Å². The van der Waals surface area contributed by atoms with E-state index in [-0.39, 0.29) is 76.0 Å². The molecular formula is C39H42N5O21P3. The molecule has 364 valence electrons. The lowest BCUT2D eigenvalue weighted by molar-refractivity contribution is -0.121. The molecule has 0 radical (unpaired) electrons. The first-order valence-electron chi connectivity index (χ1n) is 19.9. The number of anilines is 1. The Kier molecular flexibility index (Phi) is 16.0. The molecule has 29 heteroatoms. The summed E-state index contributed by atoms with van der Waals surface area (Å²) in [5.74, 6) is -2.37. The number of nitrogens with one attached hydrogen (secondary N) is 2. The summed E-state index contributed by atoms with van der Waals surface area (Å²) in [6.07, 6.45) is -1.66. The summed E-state index contributed by atoms with van der Waals surface area (Å²) in [6.45, 7) is -0.922. The molecule has 26 nitrogen and oxygen atoms in total. The van der Waals surface area contributed by atoms with Crippen LogP contribution in [0.4, 0.5) is 5.82 Å². The molecule has 1 fully saturated rings. The van der Waals surface area contributed by atoms with Crippen molar-refractivity contribution >= 4 is 64.1 Å². The highest BCUT2D eigenvalue weighted by Crippen LogP contribution is 2.66. The van der Waals surface area contributed by atoms with Crippen molar-refractivity contribution in [3.63, 3.8) is 0 Å². The van der Waals surface area contributed by atoms with E-state index >= 15 is 0 Å². The molecule has 6 rings (SSSR count). The smallest absolute Gasteiger partial charge is 0.490 e. The highest BCUT2D eigenvalue weighted by atomic mass is 31.3. The van der Waals surface area contributed by atoms with Crippen LogP contribution >= 0.6 is 23.5 Å². The van der Waals surface area contributed by atoms with Gasteiger partial charge < -0.3 is 65.5 Å². The number of phosphoric acid groups is 3. The molecule has 6 atom stereocenters. The van der Waals surface area contributed by atoms with E-state index in [0.29, 0.717) is 35.8 Å². The van der Waals surface area contributed by atoms with Crippen molar-refractivity contribution in [2.45, 2.75) is 50.2 Å². The fraction of sp³-hybridized carbons (Fsp3) is 0.282. The first-order valence-corrected chi connectivity index (χ1v) is 24.4. The van der Waals surface area contributed by atoms with Gasteiger partial charge in [-0.05, 0) is 54.8 Å². The summed E-state index contributed by atoms with van der Waals surface area (Å²) in [7, 11) is -17.1. The fourth-order valence-electron chi connectivity index (χ4n) is 6.94. The zero-order valence-corrected chi connectivity index (χ0v) is 37.6. The number of aromatic hydroxyl groups is 1. The van der Waals surface area contributed by atoms with Gasteiger partial charge in [-0.15, -0.1) is 0 Å². The number of nitrogen functional groups attached to an aromatic ring is 1. The number of phenols is 1. The summed E-state index contributed by atoms with van der Waals surface area (Å²) >= 11 is 0. The Morgan fingerprint density at radius 2 is 1.62 bits per heavy atom. The van der Waals surface area contributed by atoms with Gasteiger partial charge in [0.25, 0.3) is 5.91 Å². The average molecular weight is 1010 g/mol. The van der Waals surface area contributed by atoms with Crippen LogP contribution in [0.1, 0.15) is 58.2 Å². The molecule has 1 aliphatic carbocycles. The van der Waals surface area contributed by atoms with E-state index in [1.54, 1.807) is 6.07 Å². The van der Waals surface area contributed by atoms with E-state index in [0.717, 1.165) is 10.8 Å². The second-order valence-electron chi connectivity index (χ2n) is 14.9. The molecule has 3 aliphatic rings. The molecule has 2 aromatic carbocycles. The van der Waals surface area contributed by atoms with E-state index in [1.807, 2.05) is 0 Å². The maximum absolute atomic E-state index is 13.1. The van der Waals surface area contributed by atoms with Crippen LogP contribution in [0, 0.1) is 0 Å². The number of nitrogens with two attached hydrogens (primary N) is 1. The topological polar surface area (TPSA) is 416 Å². The van der Waals surface area contributed by atoms with Gasteiger partial charge in [0.05, 0.1) is 12.2 Å². The molecule has 68 heavy (non-hydrogen) atoms. The molecule has 0 bridgehead atoms. The molecule has 1 saturated heterocycles. The van der Waals surface area contributed by atoms with E-state index in [2.05, 4.69) is 28.8 Å². The maximum Gasteiger partial charge on any atom is 0.490 e. The molecule has 1 aromatic heterocycles. The zero-order valence-electron chi connectivity index (χ0n) is 34.9. The van der Waals surface area contributed by atoms with Crippen LogP contribution in [-0.4, -0.2) is 105 Å². The number of amides is 2. The molecule has 3 aromatic rings. The second-order valence-corrected chi connectivity index (χ2v) is 19.3. The predicted octanol–water partition coefficient (Wildman–Crippen LogP) is 2.19. The first-order chi connectivity index (χ1) is 31.9. The third-order valence-electron chi connectivity index (χ3n) is 9.98. The van der Waals surface area contributed by atoms with Crippen molar-refractivity contribution in [1.29, 1.82) is 0 Å². The van der Waals surface area contributed by atoms with Crippen molar-refractivity contribution in [1.82, 2.24) is 20.2 Å². The van der Waals surface area contributed by atoms with Crippen LogP contribution in [0.2, 0.25) is 0 Å². The van der Waals surface area contributed by atoms with E-state index in [4.69, 9.17) is 24.7 Å². The number of ether oxygens (including phenoxy) is 1. The SMILES string of the molecule is Nc1nc(=O)n([C@@H]2O[C@H](COP(=O)(O)OP(=O)(O)OP(=O)(O)O)[C@@H](O)[C@H]2O)cc1/C=C/CNC(=O)CCCCCNC(=O)c1ccc(-c2c3ccc(=O)cc-3oc3cc(O)ccc23)c(C(=O)O)c1. The van der Waals surface area contributed by atoms with Crippen LogP contribution in [-0.2, 0) is 36.4 Å². The van der Waals surface area contributed by atoms with E-state index in [9.17, 15) is 67.9 Å². The van der Waals surface area contributed by atoms with Gasteiger partial charge in [-0.1, -0.05) is 24.6 Å². The Balaban J connectivity index is 0.962. The Morgan fingerprint density at radius 3 is 2.34 bits per heavy atom. The van der Waals surface area contributed by atoms with Crippen LogP contribution in [0.5, 0.6) is 5.75 Å². The molecule has 0 saturated carbocycles. The number of aromatic nitrogens is 2. The number of aliphatic hydroxyl groups excluding tert-OH is 2. The zero-order chi connectivity index (χ0) is 49.7. The summed E-state index contributed by atoms with van der Waals surface area (Å²) in [5, 5.41) is 47.1. The van der Waals surface area contributed by atoms with Crippen LogP contribution in [0.25, 0.3) is 39.5 Å². The number of carbonyl (C=O) groups is 3. The molecule has 12 N–H and O–H groups in total. The van der Waals surface area contributed by atoms with Crippen LogP contribution < -0.4 is 27.5 Å². The number of carboxylic acids is 1. The number of rotatable bonds is 20. The third kappa shape index (κ3) is 13.0. The van der Waals surface area contributed by atoms with Crippen molar-refractivity contribution in [3.8, 4) is 28.2 Å². The van der Waals surface area contributed by atoms with Gasteiger partial charge in [0.1, 0.15) is 41.2 Å². The number of aliphatic hydroxyl groups is 2. The van der Waals surface area contributed by atoms with Gasteiger partial charge in [-0.25, -0.2) is 23.3 Å².